The van der Waals surface area contributed by atoms with Gasteiger partial charge in [-0.1, -0.05) is 10.3 Å². The molecule has 2 aliphatic heterocycles. The molecule has 8 nitrogen and oxygen atoms in total. The first-order valence-corrected chi connectivity index (χ1v) is 7.55. The summed E-state index contributed by atoms with van der Waals surface area (Å²) >= 11 is 0. The lowest BCUT2D eigenvalue weighted by Crippen LogP contribution is -2.62. The first-order valence-electron chi connectivity index (χ1n) is 7.55. The molecule has 2 fully saturated rings. The summed E-state index contributed by atoms with van der Waals surface area (Å²) in [6, 6.07) is 0. The summed E-state index contributed by atoms with van der Waals surface area (Å²) in [6.07, 6.45) is 1.23. The molecular formula is C14H20N4O4. The second-order valence-electron chi connectivity index (χ2n) is 6.11. The number of aromatic nitrogens is 2. The molecule has 3 rings (SSSR count). The van der Waals surface area contributed by atoms with Crippen molar-refractivity contribution in [1.29, 1.82) is 0 Å². The van der Waals surface area contributed by atoms with Crippen molar-refractivity contribution in [2.24, 2.45) is 5.41 Å². The van der Waals surface area contributed by atoms with Crippen molar-refractivity contribution >= 4 is 11.8 Å². The molecule has 2 N–H and O–H groups in total. The average Bonchev–Trinajstić information content (AvgIpc) is 2.90. The van der Waals surface area contributed by atoms with Crippen molar-refractivity contribution in [3.8, 4) is 0 Å². The van der Waals surface area contributed by atoms with Gasteiger partial charge in [0.25, 0.3) is 0 Å². The smallest absolute Gasteiger partial charge is 0.230 e. The van der Waals surface area contributed by atoms with E-state index in [0.717, 1.165) is 6.42 Å². The number of carbonyl (C=O) groups is 2. The summed E-state index contributed by atoms with van der Waals surface area (Å²) in [6.45, 7) is 3.06. The molecule has 2 saturated heterocycles. The van der Waals surface area contributed by atoms with Crippen LogP contribution in [0.25, 0.3) is 0 Å². The minimum Gasteiger partial charge on any atom is -0.392 e. The fraction of sp³-hybridized carbons (Fsp3) is 0.714. The van der Waals surface area contributed by atoms with Crippen LogP contribution in [0, 0.1) is 12.3 Å². The Kier molecular flexibility index (Phi) is 3.86. The number of likely N-dealkylation sites (tertiary alicyclic amines) is 1. The number of amides is 2. The zero-order valence-electron chi connectivity index (χ0n) is 12.5. The molecule has 0 bridgehead atoms. The largest absolute Gasteiger partial charge is 0.392 e. The van der Waals surface area contributed by atoms with Crippen LogP contribution in [0.1, 0.15) is 30.7 Å². The van der Waals surface area contributed by atoms with Gasteiger partial charge in [-0.25, -0.2) is 4.63 Å². The third-order valence-electron chi connectivity index (χ3n) is 4.74. The molecule has 1 aromatic rings. The minimum absolute atomic E-state index is 0.100. The van der Waals surface area contributed by atoms with Gasteiger partial charge in [-0.2, -0.15) is 0 Å². The lowest BCUT2D eigenvalue weighted by molar-refractivity contribution is -0.154. The fourth-order valence-corrected chi connectivity index (χ4v) is 3.32. The van der Waals surface area contributed by atoms with Gasteiger partial charge in [0.05, 0.1) is 17.9 Å². The van der Waals surface area contributed by atoms with Crippen LogP contribution >= 0.6 is 0 Å². The van der Waals surface area contributed by atoms with Crippen LogP contribution < -0.4 is 5.32 Å². The fourth-order valence-electron chi connectivity index (χ4n) is 3.32. The molecule has 120 valence electrons. The van der Waals surface area contributed by atoms with Crippen molar-refractivity contribution < 1.29 is 19.3 Å². The number of piperidine rings is 2. The molecule has 1 aromatic heterocycles. The Hall–Kier alpha value is -1.96. The first-order chi connectivity index (χ1) is 10.5. The van der Waals surface area contributed by atoms with Gasteiger partial charge in [0.1, 0.15) is 11.4 Å². The number of hydrogen-bond donors (Lipinski definition) is 2. The summed E-state index contributed by atoms with van der Waals surface area (Å²) in [4.78, 5) is 26.4. The first kappa shape index (κ1) is 15.0. The van der Waals surface area contributed by atoms with E-state index in [4.69, 9.17) is 0 Å². The monoisotopic (exact) mass is 308 g/mol. The Morgan fingerprint density at radius 2 is 2.36 bits per heavy atom. The molecule has 0 aromatic carbocycles. The maximum atomic E-state index is 12.5. The molecule has 0 saturated carbocycles. The van der Waals surface area contributed by atoms with Crippen LogP contribution in [0.4, 0.5) is 0 Å². The van der Waals surface area contributed by atoms with Crippen molar-refractivity contribution in [2.45, 2.75) is 38.7 Å². The van der Waals surface area contributed by atoms with Gasteiger partial charge in [0, 0.05) is 19.6 Å². The Bertz CT molecular complexity index is 587. The van der Waals surface area contributed by atoms with Gasteiger partial charge in [-0.3, -0.25) is 9.59 Å². The Balaban J connectivity index is 1.74. The molecule has 3 heterocycles. The van der Waals surface area contributed by atoms with Crippen LogP contribution in [0.15, 0.2) is 4.63 Å². The van der Waals surface area contributed by atoms with Gasteiger partial charge < -0.3 is 15.3 Å². The number of aliphatic hydroxyl groups excluding tert-OH is 1. The van der Waals surface area contributed by atoms with E-state index in [0.29, 0.717) is 37.3 Å². The number of aliphatic hydroxyl groups is 1. The summed E-state index contributed by atoms with van der Waals surface area (Å²) in [7, 11) is 0. The van der Waals surface area contributed by atoms with E-state index in [1.807, 2.05) is 0 Å². The number of nitrogens with one attached hydrogen (secondary N) is 1. The molecule has 8 heteroatoms. The molecule has 22 heavy (non-hydrogen) atoms. The molecule has 2 aliphatic rings. The van der Waals surface area contributed by atoms with Crippen LogP contribution in [-0.2, 0) is 16.0 Å². The van der Waals surface area contributed by atoms with Crippen molar-refractivity contribution in [1.82, 2.24) is 20.5 Å². The third-order valence-corrected chi connectivity index (χ3v) is 4.74. The van der Waals surface area contributed by atoms with E-state index < -0.39 is 11.5 Å². The molecule has 0 unspecified atom stereocenters. The number of aryl methyl sites for hydroxylation is 1. The Labute approximate surface area is 127 Å². The van der Waals surface area contributed by atoms with E-state index in [2.05, 4.69) is 20.3 Å². The van der Waals surface area contributed by atoms with E-state index in [1.54, 1.807) is 11.8 Å². The molecule has 0 radical (unpaired) electrons. The van der Waals surface area contributed by atoms with Crippen LogP contribution in [-0.4, -0.2) is 57.9 Å². The van der Waals surface area contributed by atoms with Crippen molar-refractivity contribution in [3.63, 3.8) is 0 Å². The zero-order chi connectivity index (χ0) is 15.7. The van der Waals surface area contributed by atoms with Crippen LogP contribution in [0.5, 0.6) is 0 Å². The lowest BCUT2D eigenvalue weighted by Gasteiger charge is -2.46. The summed E-state index contributed by atoms with van der Waals surface area (Å²) in [5.74, 6) is -0.272. The average molecular weight is 308 g/mol. The molecule has 2 amide bonds. The second kappa shape index (κ2) is 5.68. The topological polar surface area (TPSA) is 109 Å². The van der Waals surface area contributed by atoms with E-state index in [-0.39, 0.29) is 24.8 Å². The second-order valence-corrected chi connectivity index (χ2v) is 6.11. The third kappa shape index (κ3) is 2.47. The van der Waals surface area contributed by atoms with Gasteiger partial charge in [0.2, 0.25) is 11.8 Å². The minimum atomic E-state index is -0.872. The molecule has 1 spiro atoms. The van der Waals surface area contributed by atoms with Crippen LogP contribution in [0.3, 0.4) is 0 Å². The number of carbonyl (C=O) groups excluding carboxylic acids is 2. The molecular weight excluding hydrogens is 288 g/mol. The highest BCUT2D eigenvalue weighted by atomic mass is 16.6. The highest BCUT2D eigenvalue weighted by Gasteiger charge is 2.50. The van der Waals surface area contributed by atoms with Gasteiger partial charge in [-0.05, 0) is 26.2 Å². The summed E-state index contributed by atoms with van der Waals surface area (Å²) < 4.78 is 4.60. The lowest BCUT2D eigenvalue weighted by atomic mass is 9.71. The zero-order valence-corrected chi connectivity index (χ0v) is 12.5. The summed E-state index contributed by atoms with van der Waals surface area (Å²) in [5, 5.41) is 20.5. The van der Waals surface area contributed by atoms with Crippen molar-refractivity contribution in [2.75, 3.05) is 19.6 Å². The quantitative estimate of drug-likeness (QED) is 0.756. The van der Waals surface area contributed by atoms with Gasteiger partial charge in [-0.15, -0.1) is 0 Å². The Morgan fingerprint density at radius 3 is 3.05 bits per heavy atom. The number of hydrogen-bond acceptors (Lipinski definition) is 6. The maximum absolute atomic E-state index is 12.5. The standard InChI is InChI=1S/C14H20N4O4/c1-9-10(17-22-16-9)7-12(20)18-6-3-11(19)14(8-18)4-2-5-15-13(14)21/h11,19H,2-8H2,1H3,(H,15,21)/t11-,14-/m1/s1. The van der Waals surface area contributed by atoms with Crippen LogP contribution in [0.2, 0.25) is 0 Å². The predicted molar refractivity (Wildman–Crippen MR) is 74.6 cm³/mol. The van der Waals surface area contributed by atoms with Gasteiger partial charge >= 0.3 is 0 Å². The Morgan fingerprint density at radius 1 is 1.55 bits per heavy atom. The normalized spacial score (nSPS) is 28.7. The maximum Gasteiger partial charge on any atom is 0.230 e. The SMILES string of the molecule is Cc1nonc1CC(=O)N1CC[C@@H](O)[C@@]2(CCCNC2=O)C1. The van der Waals surface area contributed by atoms with E-state index >= 15 is 0 Å². The number of rotatable bonds is 2. The number of nitrogens with zero attached hydrogens (tertiary/aromatic N) is 3. The highest BCUT2D eigenvalue weighted by Crippen LogP contribution is 2.37. The van der Waals surface area contributed by atoms with E-state index in [1.165, 1.54) is 0 Å². The molecule has 2 atom stereocenters. The molecule has 0 aliphatic carbocycles. The highest BCUT2D eigenvalue weighted by molar-refractivity contribution is 5.86. The van der Waals surface area contributed by atoms with Crippen molar-refractivity contribution in [3.05, 3.63) is 11.4 Å². The summed E-state index contributed by atoms with van der Waals surface area (Å²) in [5.41, 5.74) is 0.234. The van der Waals surface area contributed by atoms with Gasteiger partial charge in [0.15, 0.2) is 0 Å². The van der Waals surface area contributed by atoms with E-state index in [9.17, 15) is 14.7 Å². The predicted octanol–water partition coefficient (Wildman–Crippen LogP) is -0.590.